The molecular formula is C16H13BrN4O2. The molecule has 7 heteroatoms. The number of fused-ring (bicyclic) bond motifs is 2. The first-order valence-electron chi connectivity index (χ1n) is 6.99. The standard InChI is InChI=1S/C16H13BrN4O2/c1-18-16-15(20-14-7-13(17)19-8-21(14)16)12-6-9-5-10(22-2)3-4-11(9)23-12/h3-8,18H,1-2H3. The molecule has 0 atom stereocenters. The lowest BCUT2D eigenvalue weighted by Gasteiger charge is -2.01. The number of hydrogen-bond acceptors (Lipinski definition) is 5. The van der Waals surface area contributed by atoms with E-state index in [1.165, 1.54) is 0 Å². The summed E-state index contributed by atoms with van der Waals surface area (Å²) in [4.78, 5) is 8.90. The summed E-state index contributed by atoms with van der Waals surface area (Å²) in [6.07, 6.45) is 1.72. The van der Waals surface area contributed by atoms with Crippen LogP contribution >= 0.6 is 15.9 Å². The van der Waals surface area contributed by atoms with Crippen molar-refractivity contribution in [1.29, 1.82) is 0 Å². The molecule has 4 rings (SSSR count). The van der Waals surface area contributed by atoms with Gasteiger partial charge in [0.15, 0.2) is 5.76 Å². The van der Waals surface area contributed by atoms with Gasteiger partial charge in [0, 0.05) is 18.5 Å². The van der Waals surface area contributed by atoms with Crippen molar-refractivity contribution in [3.8, 4) is 17.2 Å². The number of halogens is 1. The van der Waals surface area contributed by atoms with E-state index in [0.717, 1.165) is 38.5 Å². The van der Waals surface area contributed by atoms with Crippen molar-refractivity contribution >= 4 is 38.4 Å². The van der Waals surface area contributed by atoms with Crippen molar-refractivity contribution in [3.63, 3.8) is 0 Å². The molecule has 0 aliphatic heterocycles. The van der Waals surface area contributed by atoms with Crippen LogP contribution in [0, 0.1) is 0 Å². The summed E-state index contributed by atoms with van der Waals surface area (Å²) < 4.78 is 13.8. The first-order chi connectivity index (χ1) is 11.2. The summed E-state index contributed by atoms with van der Waals surface area (Å²) in [5.41, 5.74) is 2.31. The smallest absolute Gasteiger partial charge is 0.157 e. The number of rotatable bonds is 3. The van der Waals surface area contributed by atoms with Gasteiger partial charge in [-0.2, -0.15) is 0 Å². The zero-order valence-electron chi connectivity index (χ0n) is 12.5. The number of nitrogens with one attached hydrogen (secondary N) is 1. The van der Waals surface area contributed by atoms with E-state index in [1.807, 2.05) is 41.8 Å². The van der Waals surface area contributed by atoms with Gasteiger partial charge in [-0.25, -0.2) is 9.97 Å². The molecule has 0 unspecified atom stereocenters. The molecule has 0 aliphatic rings. The van der Waals surface area contributed by atoms with Crippen molar-refractivity contribution in [2.45, 2.75) is 0 Å². The minimum Gasteiger partial charge on any atom is -0.497 e. The number of benzene rings is 1. The summed E-state index contributed by atoms with van der Waals surface area (Å²) in [7, 11) is 3.49. The average molecular weight is 373 g/mol. The minimum absolute atomic E-state index is 0.692. The highest BCUT2D eigenvalue weighted by molar-refractivity contribution is 9.10. The van der Waals surface area contributed by atoms with Crippen molar-refractivity contribution in [3.05, 3.63) is 41.3 Å². The summed E-state index contributed by atoms with van der Waals surface area (Å²) >= 11 is 3.37. The van der Waals surface area contributed by atoms with Crippen LogP contribution in [0.4, 0.5) is 5.82 Å². The third-order valence-electron chi connectivity index (χ3n) is 3.68. The van der Waals surface area contributed by atoms with Gasteiger partial charge in [0.05, 0.1) is 7.11 Å². The highest BCUT2D eigenvalue weighted by Crippen LogP contribution is 2.34. The van der Waals surface area contributed by atoms with Crippen LogP contribution in [0.1, 0.15) is 0 Å². The molecule has 3 aromatic heterocycles. The molecule has 4 aromatic rings. The van der Waals surface area contributed by atoms with Gasteiger partial charge in [-0.15, -0.1) is 0 Å². The van der Waals surface area contributed by atoms with Gasteiger partial charge in [-0.3, -0.25) is 4.40 Å². The number of methoxy groups -OCH3 is 1. The minimum atomic E-state index is 0.692. The van der Waals surface area contributed by atoms with Crippen LogP contribution in [0.15, 0.2) is 45.7 Å². The first-order valence-corrected chi connectivity index (χ1v) is 7.78. The number of ether oxygens (including phenoxy) is 1. The molecule has 6 nitrogen and oxygen atoms in total. The third-order valence-corrected chi connectivity index (χ3v) is 4.11. The molecule has 116 valence electrons. The van der Waals surface area contributed by atoms with Crippen molar-refractivity contribution in [2.24, 2.45) is 0 Å². The number of nitrogens with zero attached hydrogens (tertiary/aromatic N) is 3. The van der Waals surface area contributed by atoms with Gasteiger partial charge in [-0.05, 0) is 40.2 Å². The van der Waals surface area contributed by atoms with E-state index in [4.69, 9.17) is 9.15 Å². The summed E-state index contributed by atoms with van der Waals surface area (Å²) in [6.45, 7) is 0. The molecule has 0 amide bonds. The predicted octanol–water partition coefficient (Wildman–Crippen LogP) is 3.96. The highest BCUT2D eigenvalue weighted by Gasteiger charge is 2.17. The van der Waals surface area contributed by atoms with Crippen LogP contribution in [0.25, 0.3) is 28.1 Å². The Morgan fingerprint density at radius 1 is 1.26 bits per heavy atom. The maximum Gasteiger partial charge on any atom is 0.157 e. The first kappa shape index (κ1) is 14.1. The van der Waals surface area contributed by atoms with E-state index in [1.54, 1.807) is 13.4 Å². The Labute approximate surface area is 140 Å². The Hall–Kier alpha value is -2.54. The number of hydrogen-bond donors (Lipinski definition) is 1. The maximum absolute atomic E-state index is 5.95. The zero-order valence-corrected chi connectivity index (χ0v) is 14.1. The van der Waals surface area contributed by atoms with Gasteiger partial charge in [0.25, 0.3) is 0 Å². The molecule has 0 saturated heterocycles. The van der Waals surface area contributed by atoms with E-state index >= 15 is 0 Å². The normalized spacial score (nSPS) is 11.3. The fourth-order valence-corrected chi connectivity index (χ4v) is 2.90. The van der Waals surface area contributed by atoms with Gasteiger partial charge in [0.1, 0.15) is 39.4 Å². The lowest BCUT2D eigenvalue weighted by atomic mass is 10.2. The second-order valence-corrected chi connectivity index (χ2v) is 5.83. The molecule has 1 aromatic carbocycles. The molecule has 3 heterocycles. The van der Waals surface area contributed by atoms with E-state index in [2.05, 4.69) is 31.2 Å². The lowest BCUT2D eigenvalue weighted by Crippen LogP contribution is -1.96. The quantitative estimate of drug-likeness (QED) is 0.551. The number of furan rings is 1. The van der Waals surface area contributed by atoms with Gasteiger partial charge in [0.2, 0.25) is 0 Å². The molecule has 23 heavy (non-hydrogen) atoms. The molecule has 1 N–H and O–H groups in total. The van der Waals surface area contributed by atoms with Crippen molar-refractivity contribution < 1.29 is 9.15 Å². The van der Waals surface area contributed by atoms with E-state index in [-0.39, 0.29) is 0 Å². The van der Waals surface area contributed by atoms with E-state index in [0.29, 0.717) is 5.76 Å². The Balaban J connectivity index is 1.94. The SMILES string of the molecule is CNc1c(-c2cc3cc(OC)ccc3o2)nc2cc(Br)ncn12. The Morgan fingerprint density at radius 2 is 2.13 bits per heavy atom. The highest BCUT2D eigenvalue weighted by atomic mass is 79.9. The summed E-state index contributed by atoms with van der Waals surface area (Å²) in [5, 5.41) is 4.13. The maximum atomic E-state index is 5.95. The summed E-state index contributed by atoms with van der Waals surface area (Å²) in [5.74, 6) is 2.31. The molecule has 0 spiro atoms. The number of imidazole rings is 1. The third kappa shape index (κ3) is 2.24. The fraction of sp³-hybridized carbons (Fsp3) is 0.125. The average Bonchev–Trinajstić information content (AvgIpc) is 3.13. The van der Waals surface area contributed by atoms with Crippen molar-refractivity contribution in [1.82, 2.24) is 14.4 Å². The van der Waals surface area contributed by atoms with Crippen LogP contribution in [0.3, 0.4) is 0 Å². The molecule has 0 aliphatic carbocycles. The Morgan fingerprint density at radius 3 is 2.91 bits per heavy atom. The summed E-state index contributed by atoms with van der Waals surface area (Å²) in [6, 6.07) is 9.53. The largest absolute Gasteiger partial charge is 0.497 e. The molecule has 0 radical (unpaired) electrons. The fourth-order valence-electron chi connectivity index (χ4n) is 2.60. The Bertz CT molecular complexity index is 1020. The van der Waals surface area contributed by atoms with Gasteiger partial charge >= 0.3 is 0 Å². The van der Waals surface area contributed by atoms with Crippen LogP contribution < -0.4 is 10.1 Å². The van der Waals surface area contributed by atoms with Crippen LogP contribution in [0.5, 0.6) is 5.75 Å². The van der Waals surface area contributed by atoms with Crippen LogP contribution in [0.2, 0.25) is 0 Å². The topological polar surface area (TPSA) is 64.6 Å². The van der Waals surface area contributed by atoms with Crippen molar-refractivity contribution in [2.75, 3.05) is 19.5 Å². The number of aromatic nitrogens is 3. The molecule has 0 saturated carbocycles. The second kappa shape index (κ2) is 5.27. The molecule has 0 fully saturated rings. The van der Waals surface area contributed by atoms with E-state index in [9.17, 15) is 0 Å². The predicted molar refractivity (Wildman–Crippen MR) is 92.0 cm³/mol. The van der Waals surface area contributed by atoms with Gasteiger partial charge < -0.3 is 14.5 Å². The molecule has 0 bridgehead atoms. The number of anilines is 1. The monoisotopic (exact) mass is 372 g/mol. The zero-order chi connectivity index (χ0) is 16.0. The Kier molecular flexibility index (Phi) is 3.23. The van der Waals surface area contributed by atoms with E-state index < -0.39 is 0 Å². The second-order valence-electron chi connectivity index (χ2n) is 5.01. The lowest BCUT2D eigenvalue weighted by molar-refractivity contribution is 0.415. The van der Waals surface area contributed by atoms with Crippen LogP contribution in [-0.2, 0) is 0 Å². The molecular weight excluding hydrogens is 360 g/mol. The van der Waals surface area contributed by atoms with Gasteiger partial charge in [-0.1, -0.05) is 0 Å². The van der Waals surface area contributed by atoms with Crippen LogP contribution in [-0.4, -0.2) is 28.5 Å².